The van der Waals surface area contributed by atoms with Gasteiger partial charge in [0.15, 0.2) is 5.96 Å². The quantitative estimate of drug-likeness (QED) is 0.179. The van der Waals surface area contributed by atoms with Crippen LogP contribution in [0, 0.1) is 0 Å². The number of guanidine groups is 1. The van der Waals surface area contributed by atoms with Gasteiger partial charge < -0.3 is 24.2 Å². The minimum Gasteiger partial charge on any atom is -0.467 e. The second-order valence-corrected chi connectivity index (χ2v) is 6.87. The Morgan fingerprint density at radius 3 is 2.96 bits per heavy atom. The zero-order valence-electron chi connectivity index (χ0n) is 15.7. The first-order valence-corrected chi connectivity index (χ1v) is 9.79. The number of ether oxygens (including phenoxy) is 1. The Kier molecular flexibility index (Phi) is 9.79. The molecule has 28 heavy (non-hydrogen) atoms. The molecule has 0 radical (unpaired) electrons. The Bertz CT molecular complexity index is 866. The van der Waals surface area contributed by atoms with E-state index in [9.17, 15) is 0 Å². The van der Waals surface area contributed by atoms with E-state index < -0.39 is 0 Å². The standard InChI is InChI=1S/C19H24BrN5O2.HI/c1-2-21-19(22-8-4-9-26-14-17-5-3-10-27-17)23-11-16-13-25-12-15(20)6-7-18(25)24-16;/h3,5-7,10,12-13H,2,4,8-9,11,14H2,1H3,(H2,21,22,23);1H. The van der Waals surface area contributed by atoms with E-state index >= 15 is 0 Å². The molecule has 0 fully saturated rings. The van der Waals surface area contributed by atoms with Crippen molar-refractivity contribution in [3.8, 4) is 0 Å². The molecule has 0 saturated heterocycles. The van der Waals surface area contributed by atoms with Crippen LogP contribution in [-0.4, -0.2) is 35.0 Å². The number of aliphatic imine (C=N–C) groups is 1. The molecule has 2 N–H and O–H groups in total. The van der Waals surface area contributed by atoms with Gasteiger partial charge in [-0.15, -0.1) is 24.0 Å². The number of hydrogen-bond acceptors (Lipinski definition) is 4. The Hall–Kier alpha value is -1.59. The van der Waals surface area contributed by atoms with E-state index in [0.717, 1.165) is 47.0 Å². The first-order chi connectivity index (χ1) is 13.2. The van der Waals surface area contributed by atoms with Crippen LogP contribution in [-0.2, 0) is 17.9 Å². The first-order valence-electron chi connectivity index (χ1n) is 9.00. The van der Waals surface area contributed by atoms with E-state index in [-0.39, 0.29) is 24.0 Å². The third-order valence-electron chi connectivity index (χ3n) is 3.79. The van der Waals surface area contributed by atoms with Gasteiger partial charge in [0.1, 0.15) is 18.0 Å². The molecule has 9 heteroatoms. The van der Waals surface area contributed by atoms with Crippen molar-refractivity contribution in [1.29, 1.82) is 0 Å². The van der Waals surface area contributed by atoms with E-state index in [0.29, 0.717) is 19.8 Å². The number of halogens is 2. The highest BCUT2D eigenvalue weighted by Gasteiger charge is 2.03. The second-order valence-electron chi connectivity index (χ2n) is 5.95. The van der Waals surface area contributed by atoms with Crippen LogP contribution in [0.1, 0.15) is 24.8 Å². The first kappa shape index (κ1) is 22.7. The number of pyridine rings is 1. The number of rotatable bonds is 9. The molecular formula is C19H25BrIN5O2. The van der Waals surface area contributed by atoms with Crippen molar-refractivity contribution in [1.82, 2.24) is 20.0 Å². The molecule has 0 bridgehead atoms. The largest absolute Gasteiger partial charge is 0.467 e. The van der Waals surface area contributed by atoms with Crippen molar-refractivity contribution in [2.24, 2.45) is 4.99 Å². The molecule has 3 rings (SSSR count). The average Bonchev–Trinajstić information content (AvgIpc) is 3.31. The van der Waals surface area contributed by atoms with Gasteiger partial charge in [-0.1, -0.05) is 0 Å². The summed E-state index contributed by atoms with van der Waals surface area (Å²) < 4.78 is 13.8. The molecule has 0 atom stereocenters. The van der Waals surface area contributed by atoms with Crippen LogP contribution >= 0.6 is 39.9 Å². The number of nitrogens with zero attached hydrogens (tertiary/aromatic N) is 3. The van der Waals surface area contributed by atoms with Crippen molar-refractivity contribution in [3.63, 3.8) is 0 Å². The van der Waals surface area contributed by atoms with Gasteiger partial charge in [-0.2, -0.15) is 0 Å². The molecule has 0 aliphatic rings. The smallest absolute Gasteiger partial charge is 0.191 e. The normalized spacial score (nSPS) is 11.4. The molecule has 3 aromatic rings. The van der Waals surface area contributed by atoms with E-state index in [2.05, 4.69) is 36.5 Å². The van der Waals surface area contributed by atoms with Crippen molar-refractivity contribution >= 4 is 51.5 Å². The average molecular weight is 562 g/mol. The molecule has 0 aromatic carbocycles. The van der Waals surface area contributed by atoms with Crippen LogP contribution in [0.5, 0.6) is 0 Å². The highest BCUT2D eigenvalue weighted by molar-refractivity contribution is 14.0. The summed E-state index contributed by atoms with van der Waals surface area (Å²) in [7, 11) is 0. The van der Waals surface area contributed by atoms with E-state index in [1.807, 2.05) is 48.0 Å². The molecule has 152 valence electrons. The summed E-state index contributed by atoms with van der Waals surface area (Å²) in [5.74, 6) is 1.62. The van der Waals surface area contributed by atoms with Gasteiger partial charge in [-0.25, -0.2) is 9.98 Å². The predicted molar refractivity (Wildman–Crippen MR) is 124 cm³/mol. The maximum Gasteiger partial charge on any atom is 0.191 e. The molecule has 0 saturated carbocycles. The summed E-state index contributed by atoms with van der Waals surface area (Å²) in [4.78, 5) is 9.19. The zero-order chi connectivity index (χ0) is 18.9. The highest BCUT2D eigenvalue weighted by Crippen LogP contribution is 2.12. The number of imidazole rings is 1. The van der Waals surface area contributed by atoms with Crippen LogP contribution in [0.3, 0.4) is 0 Å². The lowest BCUT2D eigenvalue weighted by atomic mass is 10.4. The zero-order valence-corrected chi connectivity index (χ0v) is 19.6. The molecule has 7 nitrogen and oxygen atoms in total. The van der Waals surface area contributed by atoms with Crippen molar-refractivity contribution in [3.05, 3.63) is 58.8 Å². The van der Waals surface area contributed by atoms with Crippen LogP contribution in [0.15, 0.2) is 56.8 Å². The highest BCUT2D eigenvalue weighted by atomic mass is 127. The number of fused-ring (bicyclic) bond motifs is 1. The van der Waals surface area contributed by atoms with Crippen LogP contribution in [0.25, 0.3) is 5.65 Å². The van der Waals surface area contributed by atoms with Gasteiger partial charge in [-0.05, 0) is 53.5 Å². The van der Waals surface area contributed by atoms with Crippen LogP contribution in [0.2, 0.25) is 0 Å². The molecule has 3 heterocycles. The fourth-order valence-electron chi connectivity index (χ4n) is 2.54. The monoisotopic (exact) mass is 561 g/mol. The molecule has 0 aliphatic carbocycles. The van der Waals surface area contributed by atoms with Gasteiger partial charge in [0, 0.05) is 36.6 Å². The molecule has 0 spiro atoms. The molecule has 0 aliphatic heterocycles. The molecule has 3 aromatic heterocycles. The minimum atomic E-state index is 0. The van der Waals surface area contributed by atoms with Crippen LogP contribution < -0.4 is 10.6 Å². The Morgan fingerprint density at radius 2 is 2.18 bits per heavy atom. The number of hydrogen-bond donors (Lipinski definition) is 2. The van der Waals surface area contributed by atoms with Gasteiger partial charge in [0.05, 0.1) is 18.5 Å². The molecule has 0 unspecified atom stereocenters. The maximum absolute atomic E-state index is 5.58. The predicted octanol–water partition coefficient (Wildman–Crippen LogP) is 3.97. The Balaban J connectivity index is 0.00000280. The van der Waals surface area contributed by atoms with Crippen molar-refractivity contribution in [2.45, 2.75) is 26.5 Å². The number of furan rings is 1. The van der Waals surface area contributed by atoms with E-state index in [1.54, 1.807) is 6.26 Å². The minimum absolute atomic E-state index is 0. The summed E-state index contributed by atoms with van der Waals surface area (Å²) in [6.07, 6.45) is 6.52. The number of nitrogens with one attached hydrogen (secondary N) is 2. The topological polar surface area (TPSA) is 76.1 Å². The van der Waals surface area contributed by atoms with Gasteiger partial charge in [0.25, 0.3) is 0 Å². The lowest BCUT2D eigenvalue weighted by Crippen LogP contribution is -2.38. The number of aromatic nitrogens is 2. The lowest BCUT2D eigenvalue weighted by Gasteiger charge is -2.10. The molecule has 0 amide bonds. The second kappa shape index (κ2) is 12.1. The van der Waals surface area contributed by atoms with Crippen LogP contribution in [0.4, 0.5) is 0 Å². The van der Waals surface area contributed by atoms with E-state index in [1.165, 1.54) is 0 Å². The SMILES string of the molecule is CCNC(=NCc1cn2cc(Br)ccc2n1)NCCCOCc1ccco1.I. The Morgan fingerprint density at radius 1 is 1.29 bits per heavy atom. The fraction of sp³-hybridized carbons (Fsp3) is 0.368. The van der Waals surface area contributed by atoms with Crippen molar-refractivity contribution < 1.29 is 9.15 Å². The van der Waals surface area contributed by atoms with E-state index in [4.69, 9.17) is 9.15 Å². The lowest BCUT2D eigenvalue weighted by molar-refractivity contribution is 0.105. The maximum atomic E-state index is 5.58. The van der Waals surface area contributed by atoms with Gasteiger partial charge in [-0.3, -0.25) is 0 Å². The van der Waals surface area contributed by atoms with Gasteiger partial charge >= 0.3 is 0 Å². The van der Waals surface area contributed by atoms with Gasteiger partial charge in [0.2, 0.25) is 0 Å². The Labute approximate surface area is 190 Å². The molecular weight excluding hydrogens is 537 g/mol. The van der Waals surface area contributed by atoms with Crippen molar-refractivity contribution in [2.75, 3.05) is 19.7 Å². The fourth-order valence-corrected chi connectivity index (χ4v) is 2.90. The third-order valence-corrected chi connectivity index (χ3v) is 4.26. The summed E-state index contributed by atoms with van der Waals surface area (Å²) in [6.45, 7) is 5.32. The summed E-state index contributed by atoms with van der Waals surface area (Å²) in [5, 5.41) is 6.57. The third kappa shape index (κ3) is 7.10. The summed E-state index contributed by atoms with van der Waals surface area (Å²) in [6, 6.07) is 7.73. The summed E-state index contributed by atoms with van der Waals surface area (Å²) in [5.41, 5.74) is 1.84. The summed E-state index contributed by atoms with van der Waals surface area (Å²) >= 11 is 3.47.